The van der Waals surface area contributed by atoms with Crippen molar-refractivity contribution < 1.29 is 9.90 Å². The molecule has 1 aromatic carbocycles. The molecule has 0 fully saturated rings. The van der Waals surface area contributed by atoms with E-state index in [1.165, 1.54) is 6.20 Å². The molecule has 2 aromatic rings. The van der Waals surface area contributed by atoms with Crippen molar-refractivity contribution in [1.29, 1.82) is 0 Å². The van der Waals surface area contributed by atoms with Crippen LogP contribution < -0.4 is 5.32 Å². The molecular weight excluding hydrogens is 414 g/mol. The van der Waals surface area contributed by atoms with Gasteiger partial charge >= 0.3 is 0 Å². The third kappa shape index (κ3) is 3.84. The number of benzene rings is 1. The fourth-order valence-corrected chi connectivity index (χ4v) is 2.85. The van der Waals surface area contributed by atoms with Gasteiger partial charge in [-0.1, -0.05) is 20.8 Å². The van der Waals surface area contributed by atoms with Crippen molar-refractivity contribution in [3.8, 4) is 5.75 Å². The Hall–Kier alpha value is -1.47. The van der Waals surface area contributed by atoms with Crippen LogP contribution in [0, 0.1) is 0 Å². The monoisotopic (exact) mass is 427 g/mol. The number of carbonyl (C=O) groups excluding carboxylic acids is 1. The standard InChI is InChI=1S/C15H15Br2N3O2/c1-15(2,3)12-7-18-11(6-19-12)14(22)20-8-4-9(16)13(21)10(17)5-8/h4-7,21H,1-3H3,(H,20,22). The van der Waals surface area contributed by atoms with E-state index in [0.29, 0.717) is 14.6 Å². The number of halogens is 2. The van der Waals surface area contributed by atoms with Gasteiger partial charge in [0.1, 0.15) is 11.4 Å². The number of anilines is 1. The van der Waals surface area contributed by atoms with Gasteiger partial charge in [0.05, 0.1) is 20.8 Å². The van der Waals surface area contributed by atoms with Crippen molar-refractivity contribution >= 4 is 43.5 Å². The summed E-state index contributed by atoms with van der Waals surface area (Å²) in [5.41, 5.74) is 1.46. The highest BCUT2D eigenvalue weighted by molar-refractivity contribution is 9.11. The molecule has 1 aromatic heterocycles. The fourth-order valence-electron chi connectivity index (χ4n) is 1.67. The molecule has 0 unspecified atom stereocenters. The molecular formula is C15H15Br2N3O2. The maximum absolute atomic E-state index is 12.2. The van der Waals surface area contributed by atoms with Crippen molar-refractivity contribution in [3.05, 3.63) is 44.9 Å². The van der Waals surface area contributed by atoms with Crippen LogP contribution >= 0.6 is 31.9 Å². The Bertz CT molecular complexity index is 687. The first-order valence-corrected chi connectivity index (χ1v) is 8.09. The Balaban J connectivity index is 2.19. The van der Waals surface area contributed by atoms with Crippen LogP contribution in [0.3, 0.4) is 0 Å². The molecule has 0 aliphatic rings. The number of carbonyl (C=O) groups is 1. The number of aromatic nitrogens is 2. The largest absolute Gasteiger partial charge is 0.506 e. The molecule has 0 aliphatic carbocycles. The lowest BCUT2D eigenvalue weighted by molar-refractivity contribution is 0.102. The van der Waals surface area contributed by atoms with Gasteiger partial charge in [-0.2, -0.15) is 0 Å². The Morgan fingerprint density at radius 2 is 1.73 bits per heavy atom. The van der Waals surface area contributed by atoms with E-state index >= 15 is 0 Å². The minimum Gasteiger partial charge on any atom is -0.506 e. The molecule has 0 aliphatic heterocycles. The molecule has 22 heavy (non-hydrogen) atoms. The Labute approximate surface area is 145 Å². The highest BCUT2D eigenvalue weighted by Gasteiger charge is 2.17. The van der Waals surface area contributed by atoms with Gasteiger partial charge in [-0.25, -0.2) is 4.98 Å². The highest BCUT2D eigenvalue weighted by Crippen LogP contribution is 2.35. The predicted molar refractivity (Wildman–Crippen MR) is 92.2 cm³/mol. The van der Waals surface area contributed by atoms with Gasteiger partial charge in [0.25, 0.3) is 5.91 Å². The molecule has 0 bridgehead atoms. The van der Waals surface area contributed by atoms with Crippen LogP contribution in [-0.4, -0.2) is 21.0 Å². The second-order valence-corrected chi connectivity index (χ2v) is 7.49. The van der Waals surface area contributed by atoms with Crippen LogP contribution in [0.5, 0.6) is 5.75 Å². The first kappa shape index (κ1) is 16.9. The molecule has 2 rings (SSSR count). The summed E-state index contributed by atoms with van der Waals surface area (Å²) in [5, 5.41) is 12.4. The molecule has 0 spiro atoms. The van der Waals surface area contributed by atoms with Crippen LogP contribution in [0.25, 0.3) is 0 Å². The highest BCUT2D eigenvalue weighted by atomic mass is 79.9. The summed E-state index contributed by atoms with van der Waals surface area (Å²) in [4.78, 5) is 20.6. The van der Waals surface area contributed by atoms with Crippen LogP contribution in [-0.2, 0) is 5.41 Å². The lowest BCUT2D eigenvalue weighted by atomic mass is 9.93. The summed E-state index contributed by atoms with van der Waals surface area (Å²) >= 11 is 6.43. The van der Waals surface area contributed by atoms with Crippen LogP contribution in [0.15, 0.2) is 33.5 Å². The van der Waals surface area contributed by atoms with Crippen LogP contribution in [0.4, 0.5) is 5.69 Å². The zero-order valence-corrected chi connectivity index (χ0v) is 15.5. The van der Waals surface area contributed by atoms with E-state index in [9.17, 15) is 9.90 Å². The maximum atomic E-state index is 12.2. The van der Waals surface area contributed by atoms with Gasteiger partial charge in [0.15, 0.2) is 0 Å². The number of hydrogen-bond donors (Lipinski definition) is 2. The molecule has 1 amide bonds. The SMILES string of the molecule is CC(C)(C)c1cnc(C(=O)Nc2cc(Br)c(O)c(Br)c2)cn1. The van der Waals surface area contributed by atoms with Gasteiger partial charge in [-0.3, -0.25) is 9.78 Å². The van der Waals surface area contributed by atoms with E-state index in [-0.39, 0.29) is 22.8 Å². The van der Waals surface area contributed by atoms with Gasteiger partial charge in [-0.05, 0) is 44.0 Å². The quantitative estimate of drug-likeness (QED) is 0.700. The van der Waals surface area contributed by atoms with E-state index in [1.54, 1.807) is 18.3 Å². The molecule has 2 N–H and O–H groups in total. The maximum Gasteiger partial charge on any atom is 0.275 e. The topological polar surface area (TPSA) is 75.1 Å². The van der Waals surface area contributed by atoms with E-state index in [1.807, 2.05) is 20.8 Å². The van der Waals surface area contributed by atoms with Crippen molar-refractivity contribution in [3.63, 3.8) is 0 Å². The summed E-state index contributed by atoms with van der Waals surface area (Å²) in [6.07, 6.45) is 3.07. The molecule has 7 heteroatoms. The second-order valence-electron chi connectivity index (χ2n) is 5.78. The van der Waals surface area contributed by atoms with Crippen molar-refractivity contribution in [2.45, 2.75) is 26.2 Å². The van der Waals surface area contributed by atoms with Gasteiger partial charge < -0.3 is 10.4 Å². The number of amides is 1. The van der Waals surface area contributed by atoms with Crippen LogP contribution in [0.1, 0.15) is 37.0 Å². The lowest BCUT2D eigenvalue weighted by Gasteiger charge is -2.16. The van der Waals surface area contributed by atoms with Crippen LogP contribution in [0.2, 0.25) is 0 Å². The van der Waals surface area contributed by atoms with Crippen molar-refractivity contribution in [2.75, 3.05) is 5.32 Å². The van der Waals surface area contributed by atoms with E-state index < -0.39 is 0 Å². The Kier molecular flexibility index (Phi) is 4.87. The minimum atomic E-state index is -0.363. The summed E-state index contributed by atoms with van der Waals surface area (Å²) < 4.78 is 0.956. The summed E-state index contributed by atoms with van der Waals surface area (Å²) in [7, 11) is 0. The second kappa shape index (κ2) is 6.34. The van der Waals surface area contributed by atoms with E-state index in [4.69, 9.17) is 0 Å². The molecule has 0 saturated heterocycles. The molecule has 0 saturated carbocycles. The van der Waals surface area contributed by atoms with E-state index in [0.717, 1.165) is 5.69 Å². The molecule has 116 valence electrons. The first-order valence-electron chi connectivity index (χ1n) is 6.50. The third-order valence-electron chi connectivity index (χ3n) is 2.93. The average Bonchev–Trinajstić information content (AvgIpc) is 2.44. The number of nitrogens with one attached hydrogen (secondary N) is 1. The number of rotatable bonds is 2. The zero-order valence-electron chi connectivity index (χ0n) is 12.3. The van der Waals surface area contributed by atoms with Gasteiger partial charge in [-0.15, -0.1) is 0 Å². The van der Waals surface area contributed by atoms with Gasteiger partial charge in [0, 0.05) is 17.3 Å². The molecule has 0 radical (unpaired) electrons. The summed E-state index contributed by atoms with van der Waals surface area (Å²) in [6.45, 7) is 6.09. The van der Waals surface area contributed by atoms with Crippen molar-refractivity contribution in [2.24, 2.45) is 0 Å². The molecule has 5 nitrogen and oxygen atoms in total. The summed E-state index contributed by atoms with van der Waals surface area (Å²) in [6, 6.07) is 3.21. The van der Waals surface area contributed by atoms with Gasteiger partial charge in [0.2, 0.25) is 0 Å². The molecule has 1 heterocycles. The number of aromatic hydroxyl groups is 1. The zero-order chi connectivity index (χ0) is 16.5. The third-order valence-corrected chi connectivity index (χ3v) is 4.14. The molecule has 0 atom stereocenters. The lowest BCUT2D eigenvalue weighted by Crippen LogP contribution is -2.18. The van der Waals surface area contributed by atoms with E-state index in [2.05, 4.69) is 47.1 Å². The predicted octanol–water partition coefficient (Wildman–Crippen LogP) is 4.26. The smallest absolute Gasteiger partial charge is 0.275 e. The number of phenolic OH excluding ortho intramolecular Hbond substituents is 1. The first-order chi connectivity index (χ1) is 10.2. The summed E-state index contributed by atoms with van der Waals surface area (Å²) in [5.74, 6) is -0.287. The average molecular weight is 429 g/mol. The fraction of sp³-hybridized carbons (Fsp3) is 0.267. The van der Waals surface area contributed by atoms with Crippen molar-refractivity contribution in [1.82, 2.24) is 9.97 Å². The normalized spacial score (nSPS) is 11.3. The number of phenols is 1. The number of hydrogen-bond acceptors (Lipinski definition) is 4. The minimum absolute atomic E-state index is 0.0762. The Morgan fingerprint density at radius 3 is 2.18 bits per heavy atom. The number of nitrogens with zero attached hydrogens (tertiary/aromatic N) is 2. The Morgan fingerprint density at radius 1 is 1.14 bits per heavy atom.